The number of hydrogen-bond donors (Lipinski definition) is 1. The summed E-state index contributed by atoms with van der Waals surface area (Å²) in [5.41, 5.74) is 6.42. The van der Waals surface area contributed by atoms with Gasteiger partial charge in [0.05, 0.1) is 6.10 Å². The molecule has 3 nitrogen and oxygen atoms in total. The van der Waals surface area contributed by atoms with Gasteiger partial charge in [-0.3, -0.25) is 4.79 Å². The van der Waals surface area contributed by atoms with Gasteiger partial charge in [0.15, 0.2) is 5.78 Å². The Kier molecular flexibility index (Phi) is 5.80. The van der Waals surface area contributed by atoms with Gasteiger partial charge in [-0.1, -0.05) is 26.0 Å². The highest BCUT2D eigenvalue weighted by Crippen LogP contribution is 2.28. The van der Waals surface area contributed by atoms with Crippen LogP contribution in [0.4, 0.5) is 0 Å². The molecule has 0 amide bonds. The Morgan fingerprint density at radius 1 is 1.33 bits per heavy atom. The van der Waals surface area contributed by atoms with E-state index in [0.717, 1.165) is 37.0 Å². The Bertz CT molecular complexity index is 466. The number of nitrogens with two attached hydrogens (primary N) is 1. The molecule has 116 valence electrons. The maximum absolute atomic E-state index is 12.3. The zero-order valence-electron chi connectivity index (χ0n) is 13.2. The van der Waals surface area contributed by atoms with Crippen LogP contribution in [0.25, 0.3) is 0 Å². The van der Waals surface area contributed by atoms with Gasteiger partial charge in [-0.2, -0.15) is 0 Å². The molecule has 1 atom stereocenters. The molecule has 0 aliphatic heterocycles. The minimum absolute atomic E-state index is 0.207. The highest BCUT2D eigenvalue weighted by molar-refractivity contribution is 5.96. The van der Waals surface area contributed by atoms with Crippen molar-refractivity contribution in [3.05, 3.63) is 29.8 Å². The molecule has 1 unspecified atom stereocenters. The first kappa shape index (κ1) is 16.0. The standard InChI is InChI=1S/C18H27NO2/c1-13(2)14(10-11-19)6-9-18(20)15-4-3-5-17(12-15)21-16-7-8-16/h3-5,12-14,16H,6-11,19H2,1-2H3. The van der Waals surface area contributed by atoms with Crippen molar-refractivity contribution in [3.8, 4) is 5.75 Å². The lowest BCUT2D eigenvalue weighted by Crippen LogP contribution is -2.16. The van der Waals surface area contributed by atoms with Crippen molar-refractivity contribution in [3.63, 3.8) is 0 Å². The fourth-order valence-corrected chi connectivity index (χ4v) is 2.61. The van der Waals surface area contributed by atoms with E-state index >= 15 is 0 Å². The van der Waals surface area contributed by atoms with Crippen molar-refractivity contribution < 1.29 is 9.53 Å². The van der Waals surface area contributed by atoms with Gasteiger partial charge in [-0.05, 0) is 56.2 Å². The first-order valence-corrected chi connectivity index (χ1v) is 8.10. The molecule has 1 aliphatic rings. The summed E-state index contributed by atoms with van der Waals surface area (Å²) in [5.74, 6) is 2.14. The fourth-order valence-electron chi connectivity index (χ4n) is 2.61. The van der Waals surface area contributed by atoms with E-state index in [1.807, 2.05) is 24.3 Å². The minimum atomic E-state index is 0.207. The van der Waals surface area contributed by atoms with Crippen LogP contribution in [0, 0.1) is 11.8 Å². The Hall–Kier alpha value is -1.35. The van der Waals surface area contributed by atoms with Gasteiger partial charge in [0.2, 0.25) is 0 Å². The second-order valence-electron chi connectivity index (χ2n) is 6.39. The number of hydrogen-bond acceptors (Lipinski definition) is 3. The largest absolute Gasteiger partial charge is 0.490 e. The summed E-state index contributed by atoms with van der Waals surface area (Å²) in [6.07, 6.45) is 5.14. The maximum Gasteiger partial charge on any atom is 0.163 e. The number of Topliss-reactive ketones (excluding diaryl/α,β-unsaturated/α-hetero) is 1. The number of ether oxygens (including phenoxy) is 1. The van der Waals surface area contributed by atoms with Crippen LogP contribution in [-0.2, 0) is 0 Å². The van der Waals surface area contributed by atoms with E-state index in [2.05, 4.69) is 13.8 Å². The van der Waals surface area contributed by atoms with E-state index in [1.165, 1.54) is 0 Å². The number of ketones is 1. The van der Waals surface area contributed by atoms with Gasteiger partial charge >= 0.3 is 0 Å². The molecule has 1 fully saturated rings. The van der Waals surface area contributed by atoms with Crippen LogP contribution >= 0.6 is 0 Å². The van der Waals surface area contributed by atoms with Crippen LogP contribution in [0.2, 0.25) is 0 Å². The summed E-state index contributed by atoms with van der Waals surface area (Å²) < 4.78 is 5.75. The zero-order valence-corrected chi connectivity index (χ0v) is 13.2. The van der Waals surface area contributed by atoms with E-state index < -0.39 is 0 Å². The average molecular weight is 289 g/mol. The number of benzene rings is 1. The molecule has 0 radical (unpaired) electrons. The molecule has 1 aromatic carbocycles. The predicted octanol–water partition coefficient (Wildman–Crippen LogP) is 3.81. The molecule has 0 aromatic heterocycles. The molecular weight excluding hydrogens is 262 g/mol. The fraction of sp³-hybridized carbons (Fsp3) is 0.611. The summed E-state index contributed by atoms with van der Waals surface area (Å²) in [6, 6.07) is 7.61. The van der Waals surface area contributed by atoms with Crippen molar-refractivity contribution in [1.82, 2.24) is 0 Å². The molecule has 0 saturated heterocycles. The topological polar surface area (TPSA) is 52.3 Å². The van der Waals surface area contributed by atoms with Gasteiger partial charge in [0.1, 0.15) is 5.75 Å². The summed E-state index contributed by atoms with van der Waals surface area (Å²) in [4.78, 5) is 12.3. The second kappa shape index (κ2) is 7.60. The van der Waals surface area contributed by atoms with Crippen LogP contribution in [-0.4, -0.2) is 18.4 Å². The van der Waals surface area contributed by atoms with Crippen molar-refractivity contribution >= 4 is 5.78 Å². The Labute approximate surface area is 127 Å². The second-order valence-corrected chi connectivity index (χ2v) is 6.39. The normalized spacial score (nSPS) is 16.0. The molecule has 21 heavy (non-hydrogen) atoms. The molecule has 1 aliphatic carbocycles. The summed E-state index contributed by atoms with van der Waals surface area (Å²) in [7, 11) is 0. The molecular formula is C18H27NO2. The van der Waals surface area contributed by atoms with Gasteiger partial charge in [-0.25, -0.2) is 0 Å². The van der Waals surface area contributed by atoms with Crippen molar-refractivity contribution in [2.45, 2.75) is 52.1 Å². The van der Waals surface area contributed by atoms with Crippen LogP contribution < -0.4 is 10.5 Å². The molecule has 0 bridgehead atoms. The lowest BCUT2D eigenvalue weighted by Gasteiger charge is -2.19. The SMILES string of the molecule is CC(C)C(CCN)CCC(=O)c1cccc(OC2CC2)c1. The number of rotatable bonds is 9. The maximum atomic E-state index is 12.3. The zero-order chi connectivity index (χ0) is 15.2. The quantitative estimate of drug-likeness (QED) is 0.703. The van der Waals surface area contributed by atoms with Gasteiger partial charge in [0, 0.05) is 12.0 Å². The predicted molar refractivity (Wildman–Crippen MR) is 85.7 cm³/mol. The van der Waals surface area contributed by atoms with Crippen LogP contribution in [0.3, 0.4) is 0 Å². The highest BCUT2D eigenvalue weighted by atomic mass is 16.5. The van der Waals surface area contributed by atoms with Crippen LogP contribution in [0.15, 0.2) is 24.3 Å². The van der Waals surface area contributed by atoms with Gasteiger partial charge in [0.25, 0.3) is 0 Å². The van der Waals surface area contributed by atoms with E-state index in [4.69, 9.17) is 10.5 Å². The Balaban J connectivity index is 1.89. The van der Waals surface area contributed by atoms with Crippen molar-refractivity contribution in [1.29, 1.82) is 0 Å². The Morgan fingerprint density at radius 3 is 2.71 bits per heavy atom. The first-order chi connectivity index (χ1) is 10.1. The first-order valence-electron chi connectivity index (χ1n) is 8.10. The molecule has 2 rings (SSSR count). The third-order valence-electron chi connectivity index (χ3n) is 4.21. The van der Waals surface area contributed by atoms with Crippen LogP contribution in [0.5, 0.6) is 5.75 Å². The smallest absolute Gasteiger partial charge is 0.163 e. The number of carbonyl (C=O) groups excluding carboxylic acids is 1. The van der Waals surface area contributed by atoms with E-state index in [0.29, 0.717) is 30.9 Å². The third-order valence-corrected chi connectivity index (χ3v) is 4.21. The molecule has 3 heteroatoms. The molecule has 1 saturated carbocycles. The number of carbonyl (C=O) groups is 1. The van der Waals surface area contributed by atoms with E-state index in [9.17, 15) is 4.79 Å². The van der Waals surface area contributed by atoms with Crippen molar-refractivity contribution in [2.75, 3.05) is 6.54 Å². The highest BCUT2D eigenvalue weighted by Gasteiger charge is 2.23. The Morgan fingerprint density at radius 2 is 2.10 bits per heavy atom. The molecule has 0 spiro atoms. The minimum Gasteiger partial charge on any atom is -0.490 e. The van der Waals surface area contributed by atoms with E-state index in [-0.39, 0.29) is 5.78 Å². The average Bonchev–Trinajstić information content (AvgIpc) is 3.27. The summed E-state index contributed by atoms with van der Waals surface area (Å²) in [5, 5.41) is 0. The lowest BCUT2D eigenvalue weighted by molar-refractivity contribution is 0.0968. The van der Waals surface area contributed by atoms with Gasteiger partial charge in [-0.15, -0.1) is 0 Å². The summed E-state index contributed by atoms with van der Waals surface area (Å²) in [6.45, 7) is 5.10. The van der Waals surface area contributed by atoms with Crippen molar-refractivity contribution in [2.24, 2.45) is 17.6 Å². The monoisotopic (exact) mass is 289 g/mol. The molecule has 0 heterocycles. The lowest BCUT2D eigenvalue weighted by atomic mass is 9.87. The van der Waals surface area contributed by atoms with Crippen LogP contribution in [0.1, 0.15) is 56.3 Å². The molecule has 2 N–H and O–H groups in total. The molecule has 1 aromatic rings. The van der Waals surface area contributed by atoms with Gasteiger partial charge < -0.3 is 10.5 Å². The third kappa shape index (κ3) is 5.16. The summed E-state index contributed by atoms with van der Waals surface area (Å²) >= 11 is 0. The van der Waals surface area contributed by atoms with E-state index in [1.54, 1.807) is 0 Å².